The summed E-state index contributed by atoms with van der Waals surface area (Å²) in [4.78, 5) is 15.9. The summed E-state index contributed by atoms with van der Waals surface area (Å²) in [5.41, 5.74) is 2.76. The van der Waals surface area contributed by atoms with Gasteiger partial charge >= 0.3 is 0 Å². The summed E-state index contributed by atoms with van der Waals surface area (Å²) < 4.78 is 5.42. The van der Waals surface area contributed by atoms with E-state index in [0.717, 1.165) is 54.4 Å². The van der Waals surface area contributed by atoms with Crippen molar-refractivity contribution < 1.29 is 4.74 Å². The molecule has 4 rings (SSSR count). The Morgan fingerprint density at radius 3 is 2.79 bits per heavy atom. The van der Waals surface area contributed by atoms with Gasteiger partial charge in [0.2, 0.25) is 5.95 Å². The van der Waals surface area contributed by atoms with Gasteiger partial charge in [-0.25, -0.2) is 4.98 Å². The lowest BCUT2D eigenvalue weighted by atomic mass is 10.2. The quantitative estimate of drug-likeness (QED) is 0.800. The highest BCUT2D eigenvalue weighted by atomic mass is 16.5. The molecule has 1 saturated heterocycles. The second-order valence-electron chi connectivity index (χ2n) is 5.80. The zero-order valence-corrected chi connectivity index (χ0v) is 13.6. The average molecular weight is 321 g/mol. The number of aryl methyl sites for hydroxylation is 1. The lowest BCUT2D eigenvalue weighted by molar-refractivity contribution is 0.122. The minimum atomic E-state index is 0.592. The minimum absolute atomic E-state index is 0.592. The van der Waals surface area contributed by atoms with Crippen LogP contribution in [0.1, 0.15) is 5.69 Å². The van der Waals surface area contributed by atoms with Gasteiger partial charge in [0, 0.05) is 36.4 Å². The van der Waals surface area contributed by atoms with Gasteiger partial charge < -0.3 is 15.0 Å². The predicted octanol–water partition coefficient (Wildman–Crippen LogP) is 2.91. The normalized spacial score (nSPS) is 14.8. The number of nitrogens with one attached hydrogen (secondary N) is 1. The highest BCUT2D eigenvalue weighted by Crippen LogP contribution is 2.24. The van der Waals surface area contributed by atoms with Crippen molar-refractivity contribution in [1.29, 1.82) is 0 Å². The number of aromatic nitrogens is 3. The van der Waals surface area contributed by atoms with Crippen molar-refractivity contribution in [2.24, 2.45) is 0 Å². The molecule has 3 heterocycles. The first-order valence-corrected chi connectivity index (χ1v) is 8.09. The summed E-state index contributed by atoms with van der Waals surface area (Å²) in [6.45, 7) is 5.16. The van der Waals surface area contributed by atoms with E-state index in [1.165, 1.54) is 0 Å². The van der Waals surface area contributed by atoms with E-state index in [4.69, 9.17) is 4.74 Å². The first-order valence-electron chi connectivity index (χ1n) is 8.09. The number of rotatable bonds is 3. The molecule has 1 fully saturated rings. The third-order valence-electron chi connectivity index (χ3n) is 4.05. The van der Waals surface area contributed by atoms with E-state index in [1.807, 2.05) is 43.3 Å². The molecule has 122 valence electrons. The predicted molar refractivity (Wildman–Crippen MR) is 94.8 cm³/mol. The number of benzene rings is 1. The SMILES string of the molecule is Cc1cc(N2CCOCC2)nc(Nc2cccc3cccnc23)n1. The molecule has 1 aromatic carbocycles. The Morgan fingerprint density at radius 2 is 1.92 bits per heavy atom. The van der Waals surface area contributed by atoms with Crippen molar-refractivity contribution in [2.45, 2.75) is 6.92 Å². The molecular weight excluding hydrogens is 302 g/mol. The standard InChI is InChI=1S/C18H19N5O/c1-13-12-16(23-8-10-24-11-9-23)22-18(20-13)21-15-6-2-4-14-5-3-7-19-17(14)15/h2-7,12H,8-11H2,1H3,(H,20,21,22). The Morgan fingerprint density at radius 1 is 1.08 bits per heavy atom. The van der Waals surface area contributed by atoms with E-state index >= 15 is 0 Å². The van der Waals surface area contributed by atoms with Crippen LogP contribution in [0.2, 0.25) is 0 Å². The van der Waals surface area contributed by atoms with Crippen molar-refractivity contribution in [3.05, 3.63) is 48.3 Å². The maximum absolute atomic E-state index is 5.42. The van der Waals surface area contributed by atoms with Crippen LogP contribution in [0.15, 0.2) is 42.6 Å². The second kappa shape index (κ2) is 6.41. The largest absolute Gasteiger partial charge is 0.378 e. The summed E-state index contributed by atoms with van der Waals surface area (Å²) >= 11 is 0. The van der Waals surface area contributed by atoms with Gasteiger partial charge in [-0.05, 0) is 19.1 Å². The number of nitrogens with zero attached hydrogens (tertiary/aromatic N) is 4. The highest BCUT2D eigenvalue weighted by Gasteiger charge is 2.14. The number of anilines is 3. The summed E-state index contributed by atoms with van der Waals surface area (Å²) in [6.07, 6.45) is 1.80. The fourth-order valence-electron chi connectivity index (χ4n) is 2.89. The zero-order valence-electron chi connectivity index (χ0n) is 13.6. The number of hydrogen-bond acceptors (Lipinski definition) is 6. The van der Waals surface area contributed by atoms with Crippen LogP contribution in [0.25, 0.3) is 10.9 Å². The fourth-order valence-corrected chi connectivity index (χ4v) is 2.89. The van der Waals surface area contributed by atoms with Crippen LogP contribution in [-0.4, -0.2) is 41.3 Å². The van der Waals surface area contributed by atoms with Gasteiger partial charge in [0.05, 0.1) is 24.4 Å². The molecule has 0 aliphatic carbocycles. The van der Waals surface area contributed by atoms with Crippen LogP contribution in [0.5, 0.6) is 0 Å². The number of fused-ring (bicyclic) bond motifs is 1. The van der Waals surface area contributed by atoms with Gasteiger partial charge in [-0.1, -0.05) is 18.2 Å². The number of para-hydroxylation sites is 1. The Balaban J connectivity index is 1.67. The summed E-state index contributed by atoms with van der Waals surface area (Å²) in [5, 5.41) is 4.41. The lowest BCUT2D eigenvalue weighted by Crippen LogP contribution is -2.36. The maximum Gasteiger partial charge on any atom is 0.229 e. The molecular formula is C18H19N5O. The zero-order chi connectivity index (χ0) is 16.4. The van der Waals surface area contributed by atoms with Gasteiger partial charge in [0.15, 0.2) is 0 Å². The van der Waals surface area contributed by atoms with E-state index in [-0.39, 0.29) is 0 Å². The summed E-state index contributed by atoms with van der Waals surface area (Å²) in [6, 6.07) is 12.0. The van der Waals surface area contributed by atoms with Crippen LogP contribution in [0.4, 0.5) is 17.5 Å². The van der Waals surface area contributed by atoms with Gasteiger partial charge in [-0.2, -0.15) is 4.98 Å². The third-order valence-corrected chi connectivity index (χ3v) is 4.05. The lowest BCUT2D eigenvalue weighted by Gasteiger charge is -2.28. The monoisotopic (exact) mass is 321 g/mol. The molecule has 0 saturated carbocycles. The first kappa shape index (κ1) is 14.8. The topological polar surface area (TPSA) is 63.2 Å². The molecule has 0 spiro atoms. The van der Waals surface area contributed by atoms with E-state index in [0.29, 0.717) is 5.95 Å². The van der Waals surface area contributed by atoms with E-state index in [2.05, 4.69) is 25.2 Å². The van der Waals surface area contributed by atoms with Crippen LogP contribution in [0, 0.1) is 6.92 Å². The molecule has 1 aliphatic heterocycles. The number of morpholine rings is 1. The molecule has 1 N–H and O–H groups in total. The Kier molecular flexibility index (Phi) is 3.96. The number of hydrogen-bond donors (Lipinski definition) is 1. The summed E-state index contributed by atoms with van der Waals surface area (Å²) in [7, 11) is 0. The van der Waals surface area contributed by atoms with E-state index < -0.39 is 0 Å². The van der Waals surface area contributed by atoms with Crippen molar-refractivity contribution in [3.63, 3.8) is 0 Å². The average Bonchev–Trinajstić information content (AvgIpc) is 2.62. The van der Waals surface area contributed by atoms with Crippen LogP contribution in [0.3, 0.4) is 0 Å². The molecule has 0 bridgehead atoms. The molecule has 3 aromatic rings. The molecule has 6 heteroatoms. The highest BCUT2D eigenvalue weighted by molar-refractivity contribution is 5.91. The maximum atomic E-state index is 5.42. The van der Waals surface area contributed by atoms with Crippen LogP contribution >= 0.6 is 0 Å². The summed E-state index contributed by atoms with van der Waals surface area (Å²) in [5.74, 6) is 1.52. The first-order chi connectivity index (χ1) is 11.8. The molecule has 6 nitrogen and oxygen atoms in total. The molecule has 1 aliphatic rings. The van der Waals surface area contributed by atoms with E-state index in [9.17, 15) is 0 Å². The smallest absolute Gasteiger partial charge is 0.229 e. The van der Waals surface area contributed by atoms with Crippen LogP contribution in [-0.2, 0) is 4.74 Å². The van der Waals surface area contributed by atoms with Crippen molar-refractivity contribution in [1.82, 2.24) is 15.0 Å². The molecule has 0 radical (unpaired) electrons. The Bertz CT molecular complexity index is 856. The number of ether oxygens (including phenoxy) is 1. The number of pyridine rings is 1. The van der Waals surface area contributed by atoms with Crippen LogP contribution < -0.4 is 10.2 Å². The third kappa shape index (κ3) is 3.00. The Labute approximate surface area is 140 Å². The van der Waals surface area contributed by atoms with Gasteiger partial charge in [-0.15, -0.1) is 0 Å². The Hall–Kier alpha value is -2.73. The second-order valence-corrected chi connectivity index (χ2v) is 5.80. The minimum Gasteiger partial charge on any atom is -0.378 e. The van der Waals surface area contributed by atoms with Gasteiger partial charge in [-0.3, -0.25) is 4.98 Å². The van der Waals surface area contributed by atoms with Crippen molar-refractivity contribution in [3.8, 4) is 0 Å². The van der Waals surface area contributed by atoms with Crippen molar-refractivity contribution in [2.75, 3.05) is 36.5 Å². The molecule has 0 amide bonds. The fraction of sp³-hybridized carbons (Fsp3) is 0.278. The van der Waals surface area contributed by atoms with Gasteiger partial charge in [0.1, 0.15) is 5.82 Å². The molecule has 0 atom stereocenters. The van der Waals surface area contributed by atoms with E-state index in [1.54, 1.807) is 6.20 Å². The van der Waals surface area contributed by atoms with Crippen molar-refractivity contribution >= 4 is 28.4 Å². The van der Waals surface area contributed by atoms with Gasteiger partial charge in [0.25, 0.3) is 0 Å². The molecule has 2 aromatic heterocycles. The molecule has 24 heavy (non-hydrogen) atoms. The molecule has 0 unspecified atom stereocenters.